The normalized spacial score (nSPS) is 14.2. The number of amides is 1. The summed E-state index contributed by atoms with van der Waals surface area (Å²) in [6.45, 7) is 1.51. The molecule has 2 rings (SSSR count). The lowest BCUT2D eigenvalue weighted by Crippen LogP contribution is -2.46. The first-order valence-electron chi connectivity index (χ1n) is 7.27. The molecule has 2 N–H and O–H groups in total. The summed E-state index contributed by atoms with van der Waals surface area (Å²) >= 11 is 0. The fourth-order valence-electron chi connectivity index (χ4n) is 2.31. The van der Waals surface area contributed by atoms with E-state index in [1.807, 2.05) is 6.92 Å². The van der Waals surface area contributed by atoms with Crippen LogP contribution in [0.5, 0.6) is 0 Å². The molecule has 0 bridgehead atoms. The first kappa shape index (κ1) is 18.0. The molecule has 8 heteroatoms. The van der Waals surface area contributed by atoms with Gasteiger partial charge in [0.05, 0.1) is 0 Å². The highest BCUT2D eigenvalue weighted by atomic mass is 19.4. The number of hydrogen-bond acceptors (Lipinski definition) is 3. The van der Waals surface area contributed by atoms with Crippen molar-refractivity contribution in [2.24, 2.45) is 7.05 Å². The van der Waals surface area contributed by atoms with Crippen LogP contribution in [0.25, 0.3) is 0 Å². The smallest absolute Gasteiger partial charge is 0.374 e. The number of benzene rings is 1. The van der Waals surface area contributed by atoms with Crippen LogP contribution in [0.15, 0.2) is 36.7 Å². The van der Waals surface area contributed by atoms with E-state index in [1.54, 1.807) is 24.3 Å². The van der Waals surface area contributed by atoms with E-state index in [1.165, 1.54) is 19.4 Å². The SMILES string of the molecule is Cc1ccc(C(=O)NCCC(O)(c2nccn2C)C(F)(F)F)cc1. The summed E-state index contributed by atoms with van der Waals surface area (Å²) in [5.41, 5.74) is -1.83. The number of alkyl halides is 3. The van der Waals surface area contributed by atoms with E-state index < -0.39 is 29.9 Å². The van der Waals surface area contributed by atoms with Gasteiger partial charge in [0.1, 0.15) is 5.82 Å². The van der Waals surface area contributed by atoms with E-state index in [0.717, 1.165) is 10.1 Å². The maximum absolute atomic E-state index is 13.3. The molecule has 0 aliphatic heterocycles. The molecule has 0 saturated carbocycles. The van der Waals surface area contributed by atoms with Gasteiger partial charge in [-0.2, -0.15) is 13.2 Å². The summed E-state index contributed by atoms with van der Waals surface area (Å²) in [4.78, 5) is 15.6. The quantitative estimate of drug-likeness (QED) is 0.877. The molecule has 1 heterocycles. The number of hydrogen-bond donors (Lipinski definition) is 2. The third kappa shape index (κ3) is 3.59. The van der Waals surface area contributed by atoms with Crippen molar-refractivity contribution >= 4 is 5.91 Å². The third-order valence-electron chi connectivity index (χ3n) is 3.75. The molecule has 0 saturated heterocycles. The van der Waals surface area contributed by atoms with Crippen molar-refractivity contribution in [3.05, 3.63) is 53.6 Å². The number of aryl methyl sites for hydroxylation is 2. The van der Waals surface area contributed by atoms with Crippen molar-refractivity contribution in [1.29, 1.82) is 0 Å². The van der Waals surface area contributed by atoms with Crippen molar-refractivity contribution in [1.82, 2.24) is 14.9 Å². The molecule has 24 heavy (non-hydrogen) atoms. The van der Waals surface area contributed by atoms with Crippen LogP contribution in [0, 0.1) is 6.92 Å². The molecule has 1 amide bonds. The highest BCUT2D eigenvalue weighted by Gasteiger charge is 2.57. The second-order valence-corrected chi connectivity index (χ2v) is 5.59. The molecule has 5 nitrogen and oxygen atoms in total. The molecule has 0 spiro atoms. The zero-order chi connectivity index (χ0) is 18.0. The Labute approximate surface area is 137 Å². The summed E-state index contributed by atoms with van der Waals surface area (Å²) in [5, 5.41) is 12.5. The average molecular weight is 341 g/mol. The number of imidazole rings is 1. The van der Waals surface area contributed by atoms with Gasteiger partial charge < -0.3 is 15.0 Å². The minimum absolute atomic E-state index is 0.341. The van der Waals surface area contributed by atoms with Gasteiger partial charge in [0.25, 0.3) is 5.91 Å². The van der Waals surface area contributed by atoms with Crippen molar-refractivity contribution in [3.8, 4) is 0 Å². The molecule has 0 aliphatic rings. The summed E-state index contributed by atoms with van der Waals surface area (Å²) < 4.78 is 41.1. The lowest BCUT2D eigenvalue weighted by molar-refractivity contribution is -0.272. The fraction of sp³-hybridized carbons (Fsp3) is 0.375. The molecule has 2 aromatic rings. The highest BCUT2D eigenvalue weighted by Crippen LogP contribution is 2.40. The first-order chi connectivity index (χ1) is 11.1. The van der Waals surface area contributed by atoms with Crippen LogP contribution in [0.2, 0.25) is 0 Å². The summed E-state index contributed by atoms with van der Waals surface area (Å²) in [6.07, 6.45) is -3.16. The molecule has 1 aromatic heterocycles. The number of rotatable bonds is 5. The number of carbonyl (C=O) groups is 1. The zero-order valence-corrected chi connectivity index (χ0v) is 13.3. The molecule has 0 fully saturated rings. The standard InChI is InChI=1S/C16H18F3N3O2/c1-11-3-5-12(6-4-11)13(23)20-8-7-15(24,16(17,18)19)14-21-9-10-22(14)2/h3-6,9-10,24H,7-8H2,1-2H3,(H,20,23). The van der Waals surface area contributed by atoms with Gasteiger partial charge in [-0.05, 0) is 19.1 Å². The van der Waals surface area contributed by atoms with Crippen molar-refractivity contribution < 1.29 is 23.1 Å². The van der Waals surface area contributed by atoms with Gasteiger partial charge in [0.15, 0.2) is 0 Å². The largest absolute Gasteiger partial charge is 0.424 e. The van der Waals surface area contributed by atoms with E-state index in [4.69, 9.17) is 0 Å². The minimum Gasteiger partial charge on any atom is -0.374 e. The molecule has 0 aliphatic carbocycles. The highest BCUT2D eigenvalue weighted by molar-refractivity contribution is 5.94. The van der Waals surface area contributed by atoms with Crippen LogP contribution in [0.3, 0.4) is 0 Å². The third-order valence-corrected chi connectivity index (χ3v) is 3.75. The Hall–Kier alpha value is -2.35. The Bertz CT molecular complexity index is 710. The second-order valence-electron chi connectivity index (χ2n) is 5.59. The van der Waals surface area contributed by atoms with Crippen LogP contribution in [0.4, 0.5) is 13.2 Å². The maximum atomic E-state index is 13.3. The number of nitrogens with one attached hydrogen (secondary N) is 1. The molecular formula is C16H18F3N3O2. The summed E-state index contributed by atoms with van der Waals surface area (Å²) in [6, 6.07) is 6.63. The van der Waals surface area contributed by atoms with Crippen molar-refractivity contribution in [3.63, 3.8) is 0 Å². The van der Waals surface area contributed by atoms with E-state index >= 15 is 0 Å². The Kier molecular flexibility index (Phi) is 4.98. The van der Waals surface area contributed by atoms with Gasteiger partial charge in [-0.1, -0.05) is 17.7 Å². The number of aliphatic hydroxyl groups is 1. The Balaban J connectivity index is 2.08. The van der Waals surface area contributed by atoms with Crippen LogP contribution in [-0.4, -0.2) is 33.3 Å². The zero-order valence-electron chi connectivity index (χ0n) is 13.3. The molecule has 1 unspecified atom stereocenters. The van der Waals surface area contributed by atoms with Gasteiger partial charge in [-0.25, -0.2) is 4.98 Å². The van der Waals surface area contributed by atoms with Crippen LogP contribution >= 0.6 is 0 Å². The number of aromatic nitrogens is 2. The molecular weight excluding hydrogens is 323 g/mol. The first-order valence-corrected chi connectivity index (χ1v) is 7.27. The van der Waals surface area contributed by atoms with E-state index in [9.17, 15) is 23.1 Å². The van der Waals surface area contributed by atoms with Gasteiger partial charge in [0.2, 0.25) is 5.60 Å². The van der Waals surface area contributed by atoms with Crippen molar-refractivity contribution in [2.75, 3.05) is 6.54 Å². The number of halogens is 3. The summed E-state index contributed by atoms with van der Waals surface area (Å²) in [7, 11) is 1.37. The Morgan fingerprint density at radius 3 is 2.42 bits per heavy atom. The van der Waals surface area contributed by atoms with Gasteiger partial charge >= 0.3 is 6.18 Å². The monoisotopic (exact) mass is 341 g/mol. The number of nitrogens with zero attached hydrogens (tertiary/aromatic N) is 2. The molecule has 1 aromatic carbocycles. The summed E-state index contributed by atoms with van der Waals surface area (Å²) in [5.74, 6) is -1.01. The van der Waals surface area contributed by atoms with Crippen molar-refractivity contribution in [2.45, 2.75) is 25.1 Å². The van der Waals surface area contributed by atoms with Gasteiger partial charge in [-0.15, -0.1) is 0 Å². The molecule has 0 radical (unpaired) electrons. The second kappa shape index (κ2) is 6.64. The van der Waals surface area contributed by atoms with E-state index in [-0.39, 0.29) is 6.54 Å². The van der Waals surface area contributed by atoms with Gasteiger partial charge in [0, 0.05) is 38.0 Å². The van der Waals surface area contributed by atoms with Crippen LogP contribution in [-0.2, 0) is 12.6 Å². The van der Waals surface area contributed by atoms with E-state index in [2.05, 4.69) is 10.3 Å². The molecule has 130 valence electrons. The fourth-order valence-corrected chi connectivity index (χ4v) is 2.31. The minimum atomic E-state index is -4.92. The maximum Gasteiger partial charge on any atom is 0.424 e. The van der Waals surface area contributed by atoms with E-state index in [0.29, 0.717) is 5.56 Å². The van der Waals surface area contributed by atoms with Gasteiger partial charge in [-0.3, -0.25) is 4.79 Å². The topological polar surface area (TPSA) is 67.2 Å². The van der Waals surface area contributed by atoms with Crippen LogP contribution < -0.4 is 5.32 Å². The molecule has 1 atom stereocenters. The Morgan fingerprint density at radius 1 is 1.29 bits per heavy atom. The number of carbonyl (C=O) groups excluding carboxylic acids is 1. The predicted molar refractivity (Wildman–Crippen MR) is 81.3 cm³/mol. The predicted octanol–water partition coefficient (Wildman–Crippen LogP) is 2.30. The lowest BCUT2D eigenvalue weighted by Gasteiger charge is -2.29. The lowest BCUT2D eigenvalue weighted by atomic mass is 9.97. The Morgan fingerprint density at radius 2 is 1.92 bits per heavy atom. The van der Waals surface area contributed by atoms with Crippen LogP contribution in [0.1, 0.15) is 28.2 Å². The average Bonchev–Trinajstić information content (AvgIpc) is 2.93.